The van der Waals surface area contributed by atoms with Gasteiger partial charge in [0.15, 0.2) is 0 Å². The number of carbonyl (C=O) groups is 1. The molecule has 4 aliphatic rings. The number of nitrogens with zero attached hydrogens (tertiary/aromatic N) is 4. The van der Waals surface area contributed by atoms with Crippen molar-refractivity contribution >= 4 is 33.6 Å². The third kappa shape index (κ3) is 5.62. The van der Waals surface area contributed by atoms with Crippen molar-refractivity contribution in [2.75, 3.05) is 13.1 Å². The summed E-state index contributed by atoms with van der Waals surface area (Å²) in [5.41, 5.74) is 11.1. The molecule has 2 bridgehead atoms. The molecule has 2 aromatic rings. The number of carbonyl (C=O) groups excluding carboxylic acids is 1. The summed E-state index contributed by atoms with van der Waals surface area (Å²) < 4.78 is 11.4. The monoisotopic (exact) mass is 763 g/mol. The van der Waals surface area contributed by atoms with Gasteiger partial charge in [0.25, 0.3) is 0 Å². The Kier molecular flexibility index (Phi) is 10.4. The third-order valence-corrected chi connectivity index (χ3v) is 27.9. The van der Waals surface area contributed by atoms with E-state index < -0.39 is 35.5 Å². The SMILES string of the molecule is C=CCN1CC[C@]23c4c5ccc(O)c4O[C@H]2[C@H](NC(=O)c2ccc(N=[N+]=[N-])[c]([Sn]([CH2]CCC)([CH2]CCC)[CH2]CCC)c2)CC[C@@]3(O)[C@H]1C5. The number of nitrogens with one attached hydrogen (secondary N) is 1. The van der Waals surface area contributed by atoms with Crippen LogP contribution in [-0.4, -0.2) is 76.3 Å². The van der Waals surface area contributed by atoms with Gasteiger partial charge in [-0.25, -0.2) is 0 Å². The van der Waals surface area contributed by atoms with E-state index in [2.05, 4.69) is 53.7 Å². The molecule has 2 heterocycles. The first kappa shape index (κ1) is 35.1. The molecule has 48 heavy (non-hydrogen) atoms. The normalized spacial score (nSPS) is 27.0. The maximum absolute atomic E-state index is 14.3. The number of aliphatic hydroxyl groups is 1. The first-order valence-corrected chi connectivity index (χ1v) is 25.8. The third-order valence-electron chi connectivity index (χ3n) is 12.3. The van der Waals surface area contributed by atoms with Gasteiger partial charge < -0.3 is 0 Å². The molecule has 3 N–H and O–H groups in total. The first-order chi connectivity index (χ1) is 23.2. The molecule has 0 unspecified atom stereocenters. The minimum absolute atomic E-state index is 0.0882. The molecule has 5 atom stereocenters. The van der Waals surface area contributed by atoms with Crippen LogP contribution in [0.25, 0.3) is 10.4 Å². The molecule has 1 amide bonds. The summed E-state index contributed by atoms with van der Waals surface area (Å²) >= 11 is -3.10. The van der Waals surface area contributed by atoms with Crippen LogP contribution in [0.4, 0.5) is 5.69 Å². The number of hydrogen-bond donors (Lipinski definition) is 3. The average Bonchev–Trinajstić information content (AvgIpc) is 3.45. The van der Waals surface area contributed by atoms with Crippen LogP contribution in [0, 0.1) is 0 Å². The summed E-state index contributed by atoms with van der Waals surface area (Å²) in [4.78, 5) is 19.9. The molecule has 258 valence electrons. The number of amides is 1. The zero-order valence-corrected chi connectivity index (χ0v) is 31.9. The average molecular weight is 763 g/mol. The van der Waals surface area contributed by atoms with Crippen molar-refractivity contribution in [3.05, 3.63) is 70.1 Å². The van der Waals surface area contributed by atoms with Crippen LogP contribution < -0.4 is 13.6 Å². The Bertz CT molecular complexity index is 1570. The number of ether oxygens (including phenoxy) is 1. The fraction of sp³-hybridized carbons (Fsp3) is 0.605. The standard InChI is InChI=1S/C26H26N5O4.3C4H9.Sn/c1-2-12-31-13-11-25-21-16-5-8-19(32)22(21)35-23(25)18(9-10-26(25,34)20(31)14-16)28-24(33)15-3-6-17(7-4-15)29-30-27;3*1-3-4-2;/h2-6,8,18,20,23,32,34H,1,9-14H2,(H,28,33);3*1,3-4H2,2H3;/t18-,20-,23+,25+,26-;;;;/m1..../s1. The minimum atomic E-state index is -3.10. The van der Waals surface area contributed by atoms with Crippen LogP contribution in [0.2, 0.25) is 13.3 Å². The van der Waals surface area contributed by atoms with Crippen molar-refractivity contribution in [1.29, 1.82) is 0 Å². The van der Waals surface area contributed by atoms with Gasteiger partial charge in [0.2, 0.25) is 0 Å². The molecule has 2 aromatic carbocycles. The van der Waals surface area contributed by atoms with E-state index >= 15 is 0 Å². The van der Waals surface area contributed by atoms with Gasteiger partial charge in [0.05, 0.1) is 0 Å². The van der Waals surface area contributed by atoms with E-state index in [9.17, 15) is 20.5 Å². The van der Waals surface area contributed by atoms with E-state index in [0.717, 1.165) is 56.2 Å². The molecular formula is C38H53N5O4Sn. The van der Waals surface area contributed by atoms with Gasteiger partial charge in [-0.3, -0.25) is 0 Å². The second-order valence-corrected chi connectivity index (χ2v) is 27.9. The molecule has 2 aliphatic heterocycles. The van der Waals surface area contributed by atoms with E-state index in [0.29, 0.717) is 49.2 Å². The van der Waals surface area contributed by atoms with Crippen LogP contribution in [-0.2, 0) is 11.8 Å². The van der Waals surface area contributed by atoms with Crippen LogP contribution >= 0.6 is 0 Å². The summed E-state index contributed by atoms with van der Waals surface area (Å²) in [5.74, 6) is 0.387. The van der Waals surface area contributed by atoms with E-state index in [4.69, 9.17) is 4.74 Å². The maximum atomic E-state index is 14.3. The summed E-state index contributed by atoms with van der Waals surface area (Å²) in [6, 6.07) is 8.98. The van der Waals surface area contributed by atoms with Crippen LogP contribution in [0.1, 0.15) is 100 Å². The Labute approximate surface area is 289 Å². The second-order valence-electron chi connectivity index (χ2n) is 14.8. The number of rotatable bonds is 15. The second kappa shape index (κ2) is 14.3. The molecule has 1 saturated heterocycles. The number of hydrogen-bond acceptors (Lipinski definition) is 6. The van der Waals surface area contributed by atoms with E-state index in [-0.39, 0.29) is 23.7 Å². The summed E-state index contributed by atoms with van der Waals surface area (Å²) in [6.07, 6.45) is 10.7. The number of azide groups is 1. The van der Waals surface area contributed by atoms with Crippen molar-refractivity contribution in [1.82, 2.24) is 10.2 Å². The summed E-state index contributed by atoms with van der Waals surface area (Å²) in [5, 5.41) is 31.3. The number of phenols is 1. The summed E-state index contributed by atoms with van der Waals surface area (Å²) in [7, 11) is 0. The number of unbranched alkanes of at least 4 members (excludes halogenated alkanes) is 3. The van der Waals surface area contributed by atoms with Crippen molar-refractivity contribution in [3.63, 3.8) is 0 Å². The van der Waals surface area contributed by atoms with Crippen LogP contribution in [0.5, 0.6) is 11.5 Å². The van der Waals surface area contributed by atoms with Crippen molar-refractivity contribution in [3.8, 4) is 11.5 Å². The zero-order chi connectivity index (χ0) is 34.1. The van der Waals surface area contributed by atoms with Crippen molar-refractivity contribution in [2.24, 2.45) is 5.11 Å². The molecular weight excluding hydrogens is 709 g/mol. The first-order valence-electron chi connectivity index (χ1n) is 18.3. The molecule has 2 aliphatic carbocycles. The van der Waals surface area contributed by atoms with Gasteiger partial charge in [-0.2, -0.15) is 0 Å². The summed E-state index contributed by atoms with van der Waals surface area (Å²) in [6.45, 7) is 12.2. The van der Waals surface area contributed by atoms with Gasteiger partial charge in [0.1, 0.15) is 0 Å². The van der Waals surface area contributed by atoms with Crippen molar-refractivity contribution < 1.29 is 19.7 Å². The zero-order valence-electron chi connectivity index (χ0n) is 29.0. The fourth-order valence-electron chi connectivity index (χ4n) is 9.98. The van der Waals surface area contributed by atoms with E-state index in [1.54, 1.807) is 12.1 Å². The molecule has 1 spiro atoms. The van der Waals surface area contributed by atoms with Crippen molar-refractivity contribution in [2.45, 2.75) is 127 Å². The Balaban J connectivity index is 1.36. The molecule has 1 saturated carbocycles. The molecule has 0 radical (unpaired) electrons. The molecule has 6 rings (SSSR count). The number of piperidine rings is 1. The topological polar surface area (TPSA) is 131 Å². The van der Waals surface area contributed by atoms with Gasteiger partial charge >= 0.3 is 278 Å². The van der Waals surface area contributed by atoms with Gasteiger partial charge in [-0.15, -0.1) is 6.58 Å². The number of aromatic hydroxyl groups is 1. The quantitative estimate of drug-likeness (QED) is 0.0568. The Morgan fingerprint density at radius 2 is 1.85 bits per heavy atom. The molecule has 10 heteroatoms. The number of likely N-dealkylation sites (tertiary alicyclic amines) is 1. The predicted octanol–water partition coefficient (Wildman–Crippen LogP) is 7.53. The molecule has 9 nitrogen and oxygen atoms in total. The van der Waals surface area contributed by atoms with E-state index in [1.165, 1.54) is 16.9 Å². The Morgan fingerprint density at radius 3 is 2.50 bits per heavy atom. The molecule has 0 aromatic heterocycles. The fourth-order valence-corrected chi connectivity index (χ4v) is 26.5. The van der Waals surface area contributed by atoms with Gasteiger partial charge in [-0.05, 0) is 0 Å². The van der Waals surface area contributed by atoms with E-state index in [1.807, 2.05) is 18.2 Å². The van der Waals surface area contributed by atoms with Crippen LogP contribution in [0.3, 0.4) is 0 Å². The number of phenolic OH excluding ortho intramolecular Hbond substituents is 1. The van der Waals surface area contributed by atoms with Gasteiger partial charge in [-0.1, -0.05) is 6.08 Å². The van der Waals surface area contributed by atoms with Crippen LogP contribution in [0.15, 0.2) is 48.1 Å². The Morgan fingerprint density at radius 1 is 1.15 bits per heavy atom. The van der Waals surface area contributed by atoms with Gasteiger partial charge in [0, 0.05) is 0 Å². The molecule has 2 fully saturated rings. The number of benzene rings is 2. The Hall–Kier alpha value is -2.72. The predicted molar refractivity (Wildman–Crippen MR) is 193 cm³/mol.